The number of carbonyl (C=O) groups excluding carboxylic acids is 3. The highest BCUT2D eigenvalue weighted by atomic mass is 16.5. The van der Waals surface area contributed by atoms with E-state index < -0.39 is 35.5 Å². The quantitative estimate of drug-likeness (QED) is 0.391. The molecule has 36 heavy (non-hydrogen) atoms. The van der Waals surface area contributed by atoms with Crippen LogP contribution in [0.1, 0.15) is 42.6 Å². The van der Waals surface area contributed by atoms with Gasteiger partial charge >= 0.3 is 0 Å². The van der Waals surface area contributed by atoms with E-state index in [4.69, 9.17) is 4.74 Å². The number of methoxy groups -OCH3 is 1. The Bertz CT molecular complexity index is 1300. The molecule has 188 valence electrons. The molecular weight excluding hydrogens is 462 g/mol. The average Bonchev–Trinajstić information content (AvgIpc) is 3.19. The number of hydrogen-bond acceptors (Lipinski definition) is 6. The lowest BCUT2D eigenvalue weighted by Crippen LogP contribution is -2.59. The highest BCUT2D eigenvalue weighted by Crippen LogP contribution is 2.59. The largest absolute Gasteiger partial charge is 0.496 e. The molecule has 10 heteroatoms. The molecule has 3 amide bonds. The third-order valence-electron chi connectivity index (χ3n) is 8.65. The first-order chi connectivity index (χ1) is 17.3. The number of nitrogens with one attached hydrogen (secondary N) is 4. The molecule has 1 aliphatic heterocycles. The molecule has 5 N–H and O–H groups in total. The Morgan fingerprint density at radius 3 is 2.89 bits per heavy atom. The third kappa shape index (κ3) is 3.53. The van der Waals surface area contributed by atoms with Gasteiger partial charge in [0.25, 0.3) is 5.91 Å². The molecule has 2 heterocycles. The van der Waals surface area contributed by atoms with Crippen molar-refractivity contribution in [3.63, 3.8) is 0 Å². The van der Waals surface area contributed by atoms with Gasteiger partial charge in [-0.3, -0.25) is 14.4 Å². The van der Waals surface area contributed by atoms with Gasteiger partial charge in [-0.2, -0.15) is 5.26 Å². The van der Waals surface area contributed by atoms with E-state index in [9.17, 15) is 24.8 Å². The summed E-state index contributed by atoms with van der Waals surface area (Å²) in [6.07, 6.45) is 2.59. The minimum Gasteiger partial charge on any atom is -0.496 e. The first kappa shape index (κ1) is 22.9. The molecule has 1 aromatic heterocycles. The van der Waals surface area contributed by atoms with Crippen LogP contribution in [-0.2, 0) is 9.59 Å². The number of rotatable bonds is 7. The van der Waals surface area contributed by atoms with Crippen LogP contribution in [0, 0.1) is 40.9 Å². The molecule has 7 atom stereocenters. The molecule has 1 saturated heterocycles. The van der Waals surface area contributed by atoms with Gasteiger partial charge in [0.15, 0.2) is 0 Å². The Labute approximate surface area is 207 Å². The predicted octanol–water partition coefficient (Wildman–Crippen LogP) is 1.17. The van der Waals surface area contributed by atoms with E-state index in [0.29, 0.717) is 36.6 Å². The average molecular weight is 492 g/mol. The van der Waals surface area contributed by atoms with Crippen molar-refractivity contribution < 1.29 is 24.2 Å². The molecule has 6 rings (SSSR count). The van der Waals surface area contributed by atoms with Crippen LogP contribution < -0.4 is 20.7 Å². The van der Waals surface area contributed by atoms with Crippen molar-refractivity contribution >= 4 is 28.6 Å². The van der Waals surface area contributed by atoms with Gasteiger partial charge in [-0.25, -0.2) is 0 Å². The smallest absolute Gasteiger partial charge is 0.268 e. The lowest BCUT2D eigenvalue weighted by molar-refractivity contribution is -0.129. The minimum atomic E-state index is -1.19. The van der Waals surface area contributed by atoms with Gasteiger partial charge in [-0.05, 0) is 49.3 Å². The maximum Gasteiger partial charge on any atom is 0.268 e. The highest BCUT2D eigenvalue weighted by molar-refractivity contribution is 6.01. The minimum absolute atomic E-state index is 0.0216. The topological polar surface area (TPSA) is 156 Å². The number of aromatic amines is 1. The lowest BCUT2D eigenvalue weighted by Gasteiger charge is -2.38. The number of aliphatic hydroxyl groups is 1. The number of fused-ring (bicyclic) bond motifs is 6. The fourth-order valence-electron chi connectivity index (χ4n) is 6.82. The van der Waals surface area contributed by atoms with E-state index in [1.165, 1.54) is 0 Å². The van der Waals surface area contributed by atoms with E-state index in [0.717, 1.165) is 23.7 Å². The van der Waals surface area contributed by atoms with Gasteiger partial charge in [0.05, 0.1) is 19.1 Å². The normalized spacial score (nSPS) is 33.0. The van der Waals surface area contributed by atoms with E-state index in [1.54, 1.807) is 13.2 Å². The van der Waals surface area contributed by atoms with E-state index in [2.05, 4.69) is 27.0 Å². The van der Waals surface area contributed by atoms with Crippen molar-refractivity contribution in [2.24, 2.45) is 29.6 Å². The Morgan fingerprint density at radius 2 is 2.17 bits per heavy atom. The van der Waals surface area contributed by atoms with Gasteiger partial charge in [-0.1, -0.05) is 18.9 Å². The summed E-state index contributed by atoms with van der Waals surface area (Å²) in [5.74, 6) is -1.18. The number of aliphatic hydroxyl groups excluding tert-OH is 1. The number of ether oxygens (including phenoxy) is 1. The Morgan fingerprint density at radius 1 is 1.36 bits per heavy atom. The summed E-state index contributed by atoms with van der Waals surface area (Å²) < 4.78 is 5.38. The van der Waals surface area contributed by atoms with Gasteiger partial charge in [0, 0.05) is 22.7 Å². The first-order valence-corrected chi connectivity index (χ1v) is 12.5. The van der Waals surface area contributed by atoms with Crippen LogP contribution in [0.5, 0.6) is 5.75 Å². The van der Waals surface area contributed by atoms with Crippen molar-refractivity contribution in [1.82, 2.24) is 20.9 Å². The molecule has 1 aromatic carbocycles. The van der Waals surface area contributed by atoms with Crippen molar-refractivity contribution in [2.45, 2.75) is 49.9 Å². The molecular formula is C26H29N5O5. The lowest BCUT2D eigenvalue weighted by atomic mass is 9.70. The maximum absolute atomic E-state index is 13.5. The van der Waals surface area contributed by atoms with Crippen molar-refractivity contribution in [1.29, 1.82) is 5.26 Å². The maximum atomic E-state index is 13.5. The van der Waals surface area contributed by atoms with Crippen LogP contribution in [0.25, 0.3) is 10.9 Å². The molecule has 4 aliphatic rings. The number of amides is 3. The van der Waals surface area contributed by atoms with Gasteiger partial charge < -0.3 is 30.8 Å². The second-order valence-corrected chi connectivity index (χ2v) is 10.7. The third-order valence-corrected chi connectivity index (χ3v) is 8.65. The molecule has 4 fully saturated rings. The molecule has 3 saturated carbocycles. The summed E-state index contributed by atoms with van der Waals surface area (Å²) in [6, 6.07) is 8.68. The zero-order valence-corrected chi connectivity index (χ0v) is 19.9. The van der Waals surface area contributed by atoms with Gasteiger partial charge in [0.2, 0.25) is 11.8 Å². The first-order valence-electron chi connectivity index (χ1n) is 12.5. The van der Waals surface area contributed by atoms with Crippen molar-refractivity contribution in [2.75, 3.05) is 7.11 Å². The zero-order valence-electron chi connectivity index (χ0n) is 19.9. The second kappa shape index (κ2) is 8.23. The van der Waals surface area contributed by atoms with Crippen LogP contribution >= 0.6 is 0 Å². The SMILES string of the molecule is COc1cccc2[nH]c(C(=O)N[C@@H](CC3CC3)C(=O)N[C@@]3(C#N)C[C@@H]4C[C@H]3[C@H]3C(=O)NC(O)[C@H]43)cc12. The number of aromatic nitrogens is 1. The Hall–Kier alpha value is -3.58. The van der Waals surface area contributed by atoms with E-state index in [1.807, 2.05) is 18.2 Å². The molecule has 3 aliphatic carbocycles. The van der Waals surface area contributed by atoms with E-state index in [-0.39, 0.29) is 23.7 Å². The fourth-order valence-corrected chi connectivity index (χ4v) is 6.82. The fraction of sp³-hybridized carbons (Fsp3) is 0.538. The van der Waals surface area contributed by atoms with Crippen LogP contribution in [0.4, 0.5) is 0 Å². The molecule has 2 bridgehead atoms. The molecule has 10 nitrogen and oxygen atoms in total. The monoisotopic (exact) mass is 491 g/mol. The highest BCUT2D eigenvalue weighted by Gasteiger charge is 2.67. The van der Waals surface area contributed by atoms with Crippen LogP contribution in [0.3, 0.4) is 0 Å². The summed E-state index contributed by atoms with van der Waals surface area (Å²) >= 11 is 0. The van der Waals surface area contributed by atoms with Crippen molar-refractivity contribution in [3.8, 4) is 11.8 Å². The predicted molar refractivity (Wildman–Crippen MR) is 127 cm³/mol. The van der Waals surface area contributed by atoms with Crippen LogP contribution in [0.15, 0.2) is 24.3 Å². The standard InChI is InChI=1S/C26H29N5O5/c1-36-19-4-2-3-16-14(19)9-18(28-16)22(32)29-17(7-12-5-6-12)23(33)31-26(11-27)10-13-8-15(26)21-20(13)24(34)30-25(21)35/h2-4,9,12-13,15,17,20-21,24,28,34H,5-8,10H2,1H3,(H,29,32)(H,30,35)(H,31,33)/t13-,15-,17-,20+,21+,24?,26+/m0/s1. The number of H-pyrrole nitrogens is 1. The molecule has 0 radical (unpaired) electrons. The summed E-state index contributed by atoms with van der Waals surface area (Å²) in [4.78, 5) is 42.3. The number of carbonyl (C=O) groups is 3. The van der Waals surface area contributed by atoms with E-state index >= 15 is 0 Å². The van der Waals surface area contributed by atoms with Gasteiger partial charge in [0.1, 0.15) is 29.3 Å². The zero-order chi connectivity index (χ0) is 25.2. The van der Waals surface area contributed by atoms with Crippen molar-refractivity contribution in [3.05, 3.63) is 30.0 Å². The number of nitrogens with zero attached hydrogens (tertiary/aromatic N) is 1. The number of benzene rings is 1. The summed E-state index contributed by atoms with van der Waals surface area (Å²) in [7, 11) is 1.57. The molecule has 2 aromatic rings. The number of nitriles is 1. The molecule has 0 spiro atoms. The van der Waals surface area contributed by atoms with Crippen LogP contribution in [-0.4, -0.2) is 52.7 Å². The van der Waals surface area contributed by atoms with Gasteiger partial charge in [-0.15, -0.1) is 0 Å². The number of hydrogen-bond donors (Lipinski definition) is 5. The molecule has 1 unspecified atom stereocenters. The Balaban J connectivity index is 1.21. The second-order valence-electron chi connectivity index (χ2n) is 10.7. The summed E-state index contributed by atoms with van der Waals surface area (Å²) in [5.41, 5.74) is -0.122. The summed E-state index contributed by atoms with van der Waals surface area (Å²) in [6.45, 7) is 0. The Kier molecular flexibility index (Phi) is 5.23. The van der Waals surface area contributed by atoms with Crippen LogP contribution in [0.2, 0.25) is 0 Å². The summed E-state index contributed by atoms with van der Waals surface area (Å²) in [5, 5.41) is 29.6.